The molecular formula is C75H97F4N5O9. The lowest BCUT2D eigenvalue weighted by Crippen LogP contribution is -2.38. The molecule has 0 aliphatic carbocycles. The van der Waals surface area contributed by atoms with E-state index in [9.17, 15) is 47.0 Å². The number of carbonyl (C=O) groups excluding carboxylic acids is 3. The summed E-state index contributed by atoms with van der Waals surface area (Å²) in [7, 11) is 0. The molecule has 4 aromatic carbocycles. The molecule has 504 valence electrons. The molecule has 4 atom stereocenters. The van der Waals surface area contributed by atoms with Gasteiger partial charge in [-0.25, -0.2) is 22.4 Å². The topological polar surface area (TPSA) is 183 Å². The summed E-state index contributed by atoms with van der Waals surface area (Å²) in [6, 6.07) is 13.6. The fourth-order valence-electron chi connectivity index (χ4n) is 12.4. The standard InChI is InChI=1S/C38H48F2N2O4.C20H23F2NO2.C17H26N2O3/c1-8-46-36(45)21-29(31-19-30(17-26(6)38(31)40)37-24(4)10-11-32(39)27(37)7)20-34(43)33(16-23(2)3)42-22-28(25(5)18-35(42)44)12-15-41-13-9-14-41;1-5-25-18(24)10-17(23)15-9-14(8-12(3)20(15)22)19-11(2)6-7-16(21)13(19)4;1-12(2)9-15(17(21)22)19-11-14(13(3)10-16(19)20)5-8-18-6-4-7-18/h10-11,17-19,22-23,29,33H,8-9,12-16,20-21H2,1-7H3;6-9,17H,5,10,23H2,1-4H3;10-12,15H,4-9H2,1-3H3,(H,21,22)/t29-,33?;17-;/m00./s1. The molecule has 2 aliphatic heterocycles. The zero-order valence-corrected chi connectivity index (χ0v) is 57.0. The lowest BCUT2D eigenvalue weighted by Gasteiger charge is -2.31. The molecule has 8 rings (SSSR count). The van der Waals surface area contributed by atoms with E-state index in [0.717, 1.165) is 85.5 Å². The highest BCUT2D eigenvalue weighted by atomic mass is 19.1. The van der Waals surface area contributed by atoms with Crippen molar-refractivity contribution in [1.29, 1.82) is 0 Å². The van der Waals surface area contributed by atoms with Gasteiger partial charge in [-0.1, -0.05) is 39.8 Å². The number of esters is 2. The number of Topliss-reactive ketones (excluding diaryl/α,β-unsaturated/α-hetero) is 1. The summed E-state index contributed by atoms with van der Waals surface area (Å²) < 4.78 is 72.3. The Morgan fingerprint density at radius 2 is 0.946 bits per heavy atom. The highest BCUT2D eigenvalue weighted by molar-refractivity contribution is 5.85. The number of ketones is 1. The molecule has 93 heavy (non-hydrogen) atoms. The molecule has 2 fully saturated rings. The van der Waals surface area contributed by atoms with Crippen LogP contribution < -0.4 is 16.9 Å². The number of hydrogen-bond acceptors (Lipinski definition) is 11. The van der Waals surface area contributed by atoms with Crippen LogP contribution in [-0.4, -0.2) is 100 Å². The van der Waals surface area contributed by atoms with E-state index in [0.29, 0.717) is 57.3 Å². The molecule has 2 saturated heterocycles. The van der Waals surface area contributed by atoms with Crippen molar-refractivity contribution in [3.63, 3.8) is 0 Å². The predicted molar refractivity (Wildman–Crippen MR) is 359 cm³/mol. The SMILES string of the molecule is CCOC(=O)C[C@H](CC(=O)C(CC(C)C)n1cc(CCN2CCC2)c(C)cc1=O)c1cc(-c2c(C)ccc(F)c2C)cc(C)c1F.CCOC(=O)C[C@H](N)c1cc(-c2c(C)ccc(F)c2C)cc(C)c1F.Cc1cc(=O)n(C(CC(C)C)C(=O)O)cc1CCN1CCC1. The van der Waals surface area contributed by atoms with Crippen LogP contribution in [-0.2, 0) is 41.5 Å². The smallest absolute Gasteiger partial charge is 0.326 e. The molecule has 6 aromatic rings. The van der Waals surface area contributed by atoms with Crippen molar-refractivity contribution >= 4 is 23.7 Å². The van der Waals surface area contributed by atoms with E-state index in [1.807, 2.05) is 61.6 Å². The van der Waals surface area contributed by atoms with Crippen LogP contribution in [0.5, 0.6) is 0 Å². The molecule has 0 radical (unpaired) electrons. The van der Waals surface area contributed by atoms with Gasteiger partial charge in [-0.3, -0.25) is 24.0 Å². The maximum absolute atomic E-state index is 16.0. The van der Waals surface area contributed by atoms with Crippen LogP contribution >= 0.6 is 0 Å². The third-order valence-electron chi connectivity index (χ3n) is 17.9. The minimum absolute atomic E-state index is 0.0939. The van der Waals surface area contributed by atoms with Gasteiger partial charge < -0.3 is 39.2 Å². The Morgan fingerprint density at radius 3 is 1.35 bits per heavy atom. The summed E-state index contributed by atoms with van der Waals surface area (Å²) in [6.45, 7) is 32.2. The van der Waals surface area contributed by atoms with Crippen molar-refractivity contribution in [2.24, 2.45) is 17.6 Å². The van der Waals surface area contributed by atoms with E-state index in [1.54, 1.807) is 101 Å². The van der Waals surface area contributed by atoms with Crippen LogP contribution in [0.2, 0.25) is 0 Å². The fourth-order valence-corrected chi connectivity index (χ4v) is 12.4. The van der Waals surface area contributed by atoms with E-state index in [1.165, 1.54) is 29.5 Å². The number of nitrogens with two attached hydrogens (primary N) is 1. The van der Waals surface area contributed by atoms with Crippen LogP contribution in [0.1, 0.15) is 177 Å². The van der Waals surface area contributed by atoms with Crippen LogP contribution in [0.25, 0.3) is 22.3 Å². The van der Waals surface area contributed by atoms with Crippen molar-refractivity contribution in [1.82, 2.24) is 18.9 Å². The number of carboxylic acid groups (broad SMARTS) is 1. The summed E-state index contributed by atoms with van der Waals surface area (Å²) in [5.41, 5.74) is 16.0. The quantitative estimate of drug-likeness (QED) is 0.0388. The van der Waals surface area contributed by atoms with Crippen molar-refractivity contribution in [2.45, 2.75) is 179 Å². The first-order valence-electron chi connectivity index (χ1n) is 32.8. The summed E-state index contributed by atoms with van der Waals surface area (Å²) in [5.74, 6) is -4.39. The van der Waals surface area contributed by atoms with E-state index in [4.69, 9.17) is 15.2 Å². The minimum atomic E-state index is -0.937. The van der Waals surface area contributed by atoms with E-state index >= 15 is 4.39 Å². The van der Waals surface area contributed by atoms with Gasteiger partial charge in [0.05, 0.1) is 32.1 Å². The Kier molecular flexibility index (Phi) is 27.3. The van der Waals surface area contributed by atoms with Crippen molar-refractivity contribution in [3.05, 3.63) is 184 Å². The molecule has 14 nitrogen and oxygen atoms in total. The van der Waals surface area contributed by atoms with Crippen molar-refractivity contribution in [3.8, 4) is 22.3 Å². The van der Waals surface area contributed by atoms with Crippen molar-refractivity contribution in [2.75, 3.05) is 52.5 Å². The highest BCUT2D eigenvalue weighted by Crippen LogP contribution is 2.38. The van der Waals surface area contributed by atoms with Crippen LogP contribution in [0.15, 0.2) is 82.6 Å². The highest BCUT2D eigenvalue weighted by Gasteiger charge is 2.32. The second-order valence-corrected chi connectivity index (χ2v) is 26.1. The number of rotatable bonds is 26. The molecule has 2 aromatic heterocycles. The minimum Gasteiger partial charge on any atom is -0.480 e. The molecular weight excluding hydrogens is 1190 g/mol. The number of halogens is 4. The predicted octanol–water partition coefficient (Wildman–Crippen LogP) is 14.1. The first-order valence-corrected chi connectivity index (χ1v) is 32.8. The molecule has 0 spiro atoms. The van der Waals surface area contributed by atoms with E-state index in [2.05, 4.69) is 9.80 Å². The fraction of sp³-hybridized carbons (Fsp3) is 0.493. The second kappa shape index (κ2) is 34.0. The van der Waals surface area contributed by atoms with Gasteiger partial charge in [0.1, 0.15) is 29.3 Å². The average molecular weight is 1290 g/mol. The summed E-state index contributed by atoms with van der Waals surface area (Å²) in [5, 5.41) is 9.46. The Bertz CT molecular complexity index is 3750. The zero-order valence-electron chi connectivity index (χ0n) is 57.0. The maximum Gasteiger partial charge on any atom is 0.326 e. The largest absolute Gasteiger partial charge is 0.480 e. The molecule has 4 heterocycles. The van der Waals surface area contributed by atoms with Gasteiger partial charge in [0.25, 0.3) is 11.1 Å². The Morgan fingerprint density at radius 1 is 0.538 bits per heavy atom. The number of likely N-dealkylation sites (tertiary alicyclic amines) is 2. The number of ether oxygens (including phenoxy) is 2. The number of aliphatic carboxylic acids is 1. The number of hydrogen-bond donors (Lipinski definition) is 2. The van der Waals surface area contributed by atoms with Gasteiger partial charge in [-0.05, 0) is 266 Å². The molecule has 0 saturated carbocycles. The maximum atomic E-state index is 16.0. The number of nitrogens with zero attached hydrogens (tertiary/aromatic N) is 4. The number of pyridine rings is 2. The Labute approximate surface area is 546 Å². The number of aryl methyl sites for hydroxylation is 6. The average Bonchev–Trinajstić information content (AvgIpc) is 0.908. The summed E-state index contributed by atoms with van der Waals surface area (Å²) in [4.78, 5) is 80.7. The molecule has 18 heteroatoms. The van der Waals surface area contributed by atoms with Gasteiger partial charge in [0.2, 0.25) is 0 Å². The summed E-state index contributed by atoms with van der Waals surface area (Å²) in [6.07, 6.45) is 8.06. The van der Waals surface area contributed by atoms with E-state index < -0.39 is 53.6 Å². The molecule has 0 bridgehead atoms. The van der Waals surface area contributed by atoms with Gasteiger partial charge in [0.15, 0.2) is 5.78 Å². The third-order valence-corrected chi connectivity index (χ3v) is 17.9. The van der Waals surface area contributed by atoms with Gasteiger partial charge >= 0.3 is 17.9 Å². The third kappa shape index (κ3) is 19.8. The second-order valence-electron chi connectivity index (χ2n) is 26.1. The lowest BCUT2D eigenvalue weighted by atomic mass is 9.83. The first kappa shape index (κ1) is 74.5. The van der Waals surface area contributed by atoms with Gasteiger partial charge in [-0.15, -0.1) is 0 Å². The first-order chi connectivity index (χ1) is 43.9. The van der Waals surface area contributed by atoms with Gasteiger partial charge in [0, 0.05) is 61.6 Å². The number of benzene rings is 4. The number of carbonyl (C=O) groups is 4. The summed E-state index contributed by atoms with van der Waals surface area (Å²) >= 11 is 0. The zero-order chi connectivity index (χ0) is 68.7. The molecule has 2 aliphatic rings. The molecule has 2 unspecified atom stereocenters. The Hall–Kier alpha value is -7.54. The number of carboxylic acids is 1. The van der Waals surface area contributed by atoms with Crippen molar-refractivity contribution < 1.29 is 51.3 Å². The van der Waals surface area contributed by atoms with Crippen LogP contribution in [0.3, 0.4) is 0 Å². The van der Waals surface area contributed by atoms with Crippen LogP contribution in [0, 0.1) is 90.5 Å². The van der Waals surface area contributed by atoms with Gasteiger partial charge in [-0.2, -0.15) is 0 Å². The number of aromatic nitrogens is 2. The van der Waals surface area contributed by atoms with Crippen LogP contribution in [0.4, 0.5) is 17.6 Å². The monoisotopic (exact) mass is 1290 g/mol. The molecule has 3 N–H and O–H groups in total. The molecule has 0 amide bonds. The lowest BCUT2D eigenvalue weighted by molar-refractivity contribution is -0.144. The normalized spacial score (nSPS) is 14.4. The Balaban J connectivity index is 0.000000245. The van der Waals surface area contributed by atoms with E-state index in [-0.39, 0.29) is 84.0 Å².